The molecule has 1 heterocycles. The number of carbonyl (C=O) groups is 1. The van der Waals surface area contributed by atoms with Gasteiger partial charge >= 0.3 is 5.97 Å². The summed E-state index contributed by atoms with van der Waals surface area (Å²) < 4.78 is 5.28. The van der Waals surface area contributed by atoms with Crippen molar-refractivity contribution in [2.75, 3.05) is 6.61 Å². The van der Waals surface area contributed by atoms with Gasteiger partial charge in [0.25, 0.3) is 0 Å². The topological polar surface area (TPSA) is 46.5 Å². The van der Waals surface area contributed by atoms with Gasteiger partial charge in [0, 0.05) is 17.9 Å². The van der Waals surface area contributed by atoms with Crippen LogP contribution in [0.5, 0.6) is 0 Å². The lowest BCUT2D eigenvalue weighted by atomic mass is 10.3. The molecule has 0 unspecified atom stereocenters. The summed E-state index contributed by atoms with van der Waals surface area (Å²) in [5.74, 6) is -0.764. The molecule has 0 aliphatic rings. The van der Waals surface area contributed by atoms with Gasteiger partial charge in [0.2, 0.25) is 0 Å². The van der Waals surface area contributed by atoms with E-state index < -0.39 is 5.97 Å². The largest absolute Gasteiger partial charge is 0.481 e. The van der Waals surface area contributed by atoms with E-state index in [9.17, 15) is 4.79 Å². The molecule has 13 heavy (non-hydrogen) atoms. The first-order valence-corrected chi connectivity index (χ1v) is 4.99. The van der Waals surface area contributed by atoms with Crippen molar-refractivity contribution < 1.29 is 14.6 Å². The van der Waals surface area contributed by atoms with Crippen molar-refractivity contribution in [2.24, 2.45) is 0 Å². The number of thiophene rings is 1. The summed E-state index contributed by atoms with van der Waals surface area (Å²) in [4.78, 5) is 11.3. The second-order valence-electron chi connectivity index (χ2n) is 2.63. The molecule has 1 aromatic rings. The molecule has 0 saturated heterocycles. The molecule has 1 aromatic heterocycles. The Bertz CT molecular complexity index is 243. The van der Waals surface area contributed by atoms with Crippen molar-refractivity contribution in [2.45, 2.75) is 19.4 Å². The summed E-state index contributed by atoms with van der Waals surface area (Å²) in [5, 5.41) is 10.3. The van der Waals surface area contributed by atoms with Gasteiger partial charge in [-0.2, -0.15) is 0 Å². The molecule has 0 bridgehead atoms. The van der Waals surface area contributed by atoms with Gasteiger partial charge in [-0.25, -0.2) is 0 Å². The number of ether oxygens (including phenoxy) is 1. The van der Waals surface area contributed by atoms with Gasteiger partial charge in [0.1, 0.15) is 0 Å². The van der Waals surface area contributed by atoms with Crippen LogP contribution in [0.4, 0.5) is 0 Å². The van der Waals surface area contributed by atoms with Crippen molar-refractivity contribution in [1.29, 1.82) is 0 Å². The quantitative estimate of drug-likeness (QED) is 0.715. The Labute approximate surface area is 81.0 Å². The molecule has 0 aliphatic heterocycles. The van der Waals surface area contributed by atoms with E-state index in [1.54, 1.807) is 11.3 Å². The monoisotopic (exact) mass is 200 g/mol. The number of carboxylic acid groups (broad SMARTS) is 1. The van der Waals surface area contributed by atoms with Crippen molar-refractivity contribution in [3.63, 3.8) is 0 Å². The summed E-state index contributed by atoms with van der Waals surface area (Å²) >= 11 is 1.65. The Balaban J connectivity index is 1.99. The van der Waals surface area contributed by atoms with E-state index in [4.69, 9.17) is 9.84 Å². The molecule has 1 rings (SSSR count). The lowest BCUT2D eigenvalue weighted by Crippen LogP contribution is -1.99. The van der Waals surface area contributed by atoms with Crippen LogP contribution in [0.1, 0.15) is 17.7 Å². The third kappa shape index (κ3) is 4.65. The van der Waals surface area contributed by atoms with E-state index in [1.165, 1.54) is 4.88 Å². The average molecular weight is 200 g/mol. The van der Waals surface area contributed by atoms with Crippen LogP contribution in [0, 0.1) is 0 Å². The third-order valence-corrected chi connectivity index (χ3v) is 2.35. The predicted molar refractivity (Wildman–Crippen MR) is 50.8 cm³/mol. The standard InChI is InChI=1S/C9H12O3S/c10-9(11)4-1-5-12-7-8-3-2-6-13-8/h2-3,6H,1,4-5,7H2,(H,10,11). The third-order valence-electron chi connectivity index (χ3n) is 1.50. The zero-order valence-electron chi connectivity index (χ0n) is 7.23. The van der Waals surface area contributed by atoms with Gasteiger partial charge in [0.05, 0.1) is 6.61 Å². The molecule has 0 fully saturated rings. The predicted octanol–water partition coefficient (Wildman–Crippen LogP) is 2.13. The fourth-order valence-corrected chi connectivity index (χ4v) is 1.53. The van der Waals surface area contributed by atoms with Crippen LogP contribution in [0.15, 0.2) is 17.5 Å². The molecular formula is C9H12O3S. The number of hydrogen-bond donors (Lipinski definition) is 1. The summed E-state index contributed by atoms with van der Waals surface area (Å²) in [5.41, 5.74) is 0. The van der Waals surface area contributed by atoms with Gasteiger partial charge in [-0.05, 0) is 17.9 Å². The molecule has 1 N–H and O–H groups in total. The molecule has 4 heteroatoms. The summed E-state index contributed by atoms with van der Waals surface area (Å²) in [6, 6.07) is 3.97. The van der Waals surface area contributed by atoms with E-state index in [-0.39, 0.29) is 6.42 Å². The maximum absolute atomic E-state index is 10.1. The first-order valence-electron chi connectivity index (χ1n) is 4.11. The highest BCUT2D eigenvalue weighted by Crippen LogP contribution is 2.09. The highest BCUT2D eigenvalue weighted by Gasteiger charge is 1.97. The van der Waals surface area contributed by atoms with Crippen LogP contribution in [0.25, 0.3) is 0 Å². The molecule has 72 valence electrons. The first-order chi connectivity index (χ1) is 6.29. The Hall–Kier alpha value is -0.870. The fraction of sp³-hybridized carbons (Fsp3) is 0.444. The number of rotatable bonds is 6. The lowest BCUT2D eigenvalue weighted by Gasteiger charge is -1.99. The highest BCUT2D eigenvalue weighted by atomic mass is 32.1. The minimum Gasteiger partial charge on any atom is -0.481 e. The maximum atomic E-state index is 10.1. The van der Waals surface area contributed by atoms with Crippen molar-refractivity contribution in [3.05, 3.63) is 22.4 Å². The molecular weight excluding hydrogens is 188 g/mol. The van der Waals surface area contributed by atoms with Crippen LogP contribution in [-0.4, -0.2) is 17.7 Å². The zero-order chi connectivity index (χ0) is 9.52. The highest BCUT2D eigenvalue weighted by molar-refractivity contribution is 7.09. The second-order valence-corrected chi connectivity index (χ2v) is 3.66. The summed E-state index contributed by atoms with van der Waals surface area (Å²) in [6.07, 6.45) is 0.769. The molecule has 0 aliphatic carbocycles. The van der Waals surface area contributed by atoms with E-state index in [0.29, 0.717) is 19.6 Å². The molecule has 0 spiro atoms. The molecule has 0 aromatic carbocycles. The molecule has 0 saturated carbocycles. The van der Waals surface area contributed by atoms with Crippen LogP contribution >= 0.6 is 11.3 Å². The maximum Gasteiger partial charge on any atom is 0.303 e. The van der Waals surface area contributed by atoms with Crippen molar-refractivity contribution >= 4 is 17.3 Å². The molecule has 0 atom stereocenters. The molecule has 3 nitrogen and oxygen atoms in total. The lowest BCUT2D eigenvalue weighted by molar-refractivity contribution is -0.137. The van der Waals surface area contributed by atoms with Gasteiger partial charge < -0.3 is 9.84 Å². The minimum atomic E-state index is -0.764. The van der Waals surface area contributed by atoms with E-state index in [1.807, 2.05) is 17.5 Å². The van der Waals surface area contributed by atoms with E-state index in [0.717, 1.165) is 0 Å². The number of hydrogen-bond acceptors (Lipinski definition) is 3. The normalized spacial score (nSPS) is 10.2. The van der Waals surface area contributed by atoms with Gasteiger partial charge in [-0.15, -0.1) is 11.3 Å². The van der Waals surface area contributed by atoms with Gasteiger partial charge in [-0.1, -0.05) is 6.07 Å². The van der Waals surface area contributed by atoms with Crippen LogP contribution in [0.3, 0.4) is 0 Å². The van der Waals surface area contributed by atoms with E-state index in [2.05, 4.69) is 0 Å². The van der Waals surface area contributed by atoms with Gasteiger partial charge in [0.15, 0.2) is 0 Å². The molecule has 0 amide bonds. The summed E-state index contributed by atoms with van der Waals surface area (Å²) in [6.45, 7) is 1.11. The Morgan fingerprint density at radius 1 is 1.62 bits per heavy atom. The van der Waals surface area contributed by atoms with Crippen LogP contribution in [0.2, 0.25) is 0 Å². The van der Waals surface area contributed by atoms with Crippen molar-refractivity contribution in [1.82, 2.24) is 0 Å². The second kappa shape index (κ2) is 5.72. The van der Waals surface area contributed by atoms with Crippen LogP contribution < -0.4 is 0 Å². The van der Waals surface area contributed by atoms with Crippen LogP contribution in [-0.2, 0) is 16.1 Å². The van der Waals surface area contributed by atoms with Gasteiger partial charge in [-0.3, -0.25) is 4.79 Å². The van der Waals surface area contributed by atoms with Crippen molar-refractivity contribution in [3.8, 4) is 0 Å². The number of aliphatic carboxylic acids is 1. The molecule has 0 radical (unpaired) electrons. The zero-order valence-corrected chi connectivity index (χ0v) is 8.05. The Morgan fingerprint density at radius 3 is 3.08 bits per heavy atom. The smallest absolute Gasteiger partial charge is 0.303 e. The van der Waals surface area contributed by atoms with E-state index >= 15 is 0 Å². The number of carboxylic acids is 1. The fourth-order valence-electron chi connectivity index (χ4n) is 0.893. The first kappa shape index (κ1) is 10.2. The Kier molecular flexibility index (Phi) is 4.49. The summed E-state index contributed by atoms with van der Waals surface area (Å²) in [7, 11) is 0. The minimum absolute atomic E-state index is 0.185. The SMILES string of the molecule is O=C(O)CCCOCc1cccs1. The average Bonchev–Trinajstić information content (AvgIpc) is 2.55. The Morgan fingerprint density at radius 2 is 2.46 bits per heavy atom.